The highest BCUT2D eigenvalue weighted by Crippen LogP contribution is 2.18. The number of amides is 1. The van der Waals surface area contributed by atoms with Crippen molar-refractivity contribution in [1.82, 2.24) is 9.80 Å². The standard InChI is InChI=1S/C14H19FN2O4/c1-16(2)6-7-17(9-13(18)19)14(20)10-4-5-12(21-3)11(15)8-10/h4-5,8H,6-7,9H2,1-3H3,(H,18,19). The minimum Gasteiger partial charge on any atom is -0.494 e. The molecule has 0 fully saturated rings. The van der Waals surface area contributed by atoms with Gasteiger partial charge in [0.15, 0.2) is 11.6 Å². The van der Waals surface area contributed by atoms with Crippen molar-refractivity contribution >= 4 is 11.9 Å². The predicted molar refractivity (Wildman–Crippen MR) is 75.0 cm³/mol. The summed E-state index contributed by atoms with van der Waals surface area (Å²) in [5.74, 6) is -2.27. The molecule has 0 aliphatic carbocycles. The third kappa shape index (κ3) is 5.03. The van der Waals surface area contributed by atoms with Crippen LogP contribution in [0.15, 0.2) is 18.2 Å². The Kier molecular flexibility index (Phi) is 6.10. The van der Waals surface area contributed by atoms with E-state index >= 15 is 0 Å². The van der Waals surface area contributed by atoms with E-state index in [1.165, 1.54) is 24.1 Å². The molecule has 0 heterocycles. The Morgan fingerprint density at radius 3 is 2.43 bits per heavy atom. The lowest BCUT2D eigenvalue weighted by atomic mass is 10.1. The highest BCUT2D eigenvalue weighted by Gasteiger charge is 2.19. The average molecular weight is 298 g/mol. The molecule has 21 heavy (non-hydrogen) atoms. The van der Waals surface area contributed by atoms with Crippen LogP contribution in [-0.2, 0) is 4.79 Å². The smallest absolute Gasteiger partial charge is 0.323 e. The summed E-state index contributed by atoms with van der Waals surface area (Å²) < 4.78 is 18.4. The van der Waals surface area contributed by atoms with Crippen LogP contribution in [0.25, 0.3) is 0 Å². The second-order valence-corrected chi connectivity index (χ2v) is 4.77. The lowest BCUT2D eigenvalue weighted by Gasteiger charge is -2.22. The van der Waals surface area contributed by atoms with Gasteiger partial charge in [-0.1, -0.05) is 0 Å². The molecule has 0 atom stereocenters. The van der Waals surface area contributed by atoms with Gasteiger partial charge in [0, 0.05) is 18.7 Å². The number of aliphatic carboxylic acids is 1. The Bertz CT molecular complexity index is 520. The number of methoxy groups -OCH3 is 1. The molecule has 0 aliphatic rings. The summed E-state index contributed by atoms with van der Waals surface area (Å²) in [7, 11) is 4.96. The monoisotopic (exact) mass is 298 g/mol. The first-order chi connectivity index (χ1) is 9.85. The SMILES string of the molecule is COc1ccc(C(=O)N(CCN(C)C)CC(=O)O)cc1F. The van der Waals surface area contributed by atoms with Crippen LogP contribution in [0.4, 0.5) is 4.39 Å². The molecule has 1 aromatic rings. The molecule has 0 aromatic heterocycles. The maximum Gasteiger partial charge on any atom is 0.323 e. The molecular formula is C14H19FN2O4. The zero-order valence-corrected chi connectivity index (χ0v) is 12.3. The molecule has 1 aromatic carbocycles. The first kappa shape index (κ1) is 16.9. The summed E-state index contributed by atoms with van der Waals surface area (Å²) in [5.41, 5.74) is 0.0910. The van der Waals surface area contributed by atoms with Gasteiger partial charge in [0.25, 0.3) is 5.91 Å². The second-order valence-electron chi connectivity index (χ2n) is 4.77. The van der Waals surface area contributed by atoms with Crippen LogP contribution in [0.5, 0.6) is 5.75 Å². The third-order valence-electron chi connectivity index (χ3n) is 2.83. The van der Waals surface area contributed by atoms with Gasteiger partial charge in [0.05, 0.1) is 7.11 Å². The van der Waals surface area contributed by atoms with Crippen molar-refractivity contribution in [1.29, 1.82) is 0 Å². The number of likely N-dealkylation sites (N-methyl/N-ethyl adjacent to an activating group) is 1. The Morgan fingerprint density at radius 2 is 1.95 bits per heavy atom. The summed E-state index contributed by atoms with van der Waals surface area (Å²) in [6.07, 6.45) is 0. The van der Waals surface area contributed by atoms with E-state index in [9.17, 15) is 14.0 Å². The van der Waals surface area contributed by atoms with E-state index in [0.29, 0.717) is 6.54 Å². The lowest BCUT2D eigenvalue weighted by Crippen LogP contribution is -2.40. The normalized spacial score (nSPS) is 10.5. The van der Waals surface area contributed by atoms with E-state index in [4.69, 9.17) is 9.84 Å². The van der Waals surface area contributed by atoms with Gasteiger partial charge in [-0.25, -0.2) is 4.39 Å². The minimum atomic E-state index is -1.11. The zero-order valence-electron chi connectivity index (χ0n) is 12.3. The number of hydrogen-bond donors (Lipinski definition) is 1. The van der Waals surface area contributed by atoms with Crippen molar-refractivity contribution in [2.75, 3.05) is 40.8 Å². The van der Waals surface area contributed by atoms with Gasteiger partial charge in [-0.15, -0.1) is 0 Å². The predicted octanol–water partition coefficient (Wildman–Crippen LogP) is 0.923. The van der Waals surface area contributed by atoms with E-state index in [1.54, 1.807) is 0 Å². The van der Waals surface area contributed by atoms with Crippen LogP contribution in [0, 0.1) is 5.82 Å². The first-order valence-corrected chi connectivity index (χ1v) is 6.34. The van der Waals surface area contributed by atoms with Crippen LogP contribution in [-0.4, -0.2) is 67.6 Å². The quantitative estimate of drug-likeness (QED) is 0.810. The molecule has 6 nitrogen and oxygen atoms in total. The van der Waals surface area contributed by atoms with Crippen LogP contribution in [0.3, 0.4) is 0 Å². The van der Waals surface area contributed by atoms with E-state index in [1.807, 2.05) is 19.0 Å². The molecule has 0 spiro atoms. The van der Waals surface area contributed by atoms with Gasteiger partial charge in [-0.05, 0) is 32.3 Å². The van der Waals surface area contributed by atoms with Gasteiger partial charge in [-0.3, -0.25) is 9.59 Å². The Balaban J connectivity index is 2.92. The molecule has 0 saturated heterocycles. The number of carboxylic acid groups (broad SMARTS) is 1. The summed E-state index contributed by atoms with van der Waals surface area (Å²) in [4.78, 5) is 26.1. The number of nitrogens with zero attached hydrogens (tertiary/aromatic N) is 2. The molecular weight excluding hydrogens is 279 g/mol. The maximum atomic E-state index is 13.6. The molecule has 0 saturated carbocycles. The topological polar surface area (TPSA) is 70.1 Å². The Morgan fingerprint density at radius 1 is 1.29 bits per heavy atom. The molecule has 0 unspecified atom stereocenters. The van der Waals surface area contributed by atoms with Crippen molar-refractivity contribution in [2.24, 2.45) is 0 Å². The van der Waals surface area contributed by atoms with Gasteiger partial charge in [0.1, 0.15) is 6.54 Å². The van der Waals surface area contributed by atoms with Crippen molar-refractivity contribution in [3.63, 3.8) is 0 Å². The number of carbonyl (C=O) groups is 2. The van der Waals surface area contributed by atoms with Gasteiger partial charge < -0.3 is 19.6 Å². The van der Waals surface area contributed by atoms with Crippen molar-refractivity contribution in [2.45, 2.75) is 0 Å². The molecule has 116 valence electrons. The number of benzene rings is 1. The summed E-state index contributed by atoms with van der Waals surface area (Å²) in [6, 6.07) is 3.80. The third-order valence-corrected chi connectivity index (χ3v) is 2.83. The Labute approximate surface area is 122 Å². The van der Waals surface area contributed by atoms with E-state index in [-0.39, 0.29) is 17.9 Å². The van der Waals surface area contributed by atoms with Crippen LogP contribution in [0.2, 0.25) is 0 Å². The van der Waals surface area contributed by atoms with Crippen molar-refractivity contribution in [3.8, 4) is 5.75 Å². The number of carboxylic acids is 1. The summed E-state index contributed by atoms with van der Waals surface area (Å²) >= 11 is 0. The average Bonchev–Trinajstić information content (AvgIpc) is 2.42. The number of carbonyl (C=O) groups excluding carboxylic acids is 1. The summed E-state index contributed by atoms with van der Waals surface area (Å²) in [6.45, 7) is 0.323. The lowest BCUT2D eigenvalue weighted by molar-refractivity contribution is -0.137. The number of rotatable bonds is 7. The molecule has 7 heteroatoms. The van der Waals surface area contributed by atoms with Gasteiger partial charge in [-0.2, -0.15) is 0 Å². The fourth-order valence-electron chi connectivity index (χ4n) is 1.72. The van der Waals surface area contributed by atoms with E-state index in [2.05, 4.69) is 0 Å². The van der Waals surface area contributed by atoms with Crippen LogP contribution >= 0.6 is 0 Å². The molecule has 1 amide bonds. The molecule has 0 bridgehead atoms. The van der Waals surface area contributed by atoms with Gasteiger partial charge in [0.2, 0.25) is 0 Å². The minimum absolute atomic E-state index is 0.0321. The number of ether oxygens (including phenoxy) is 1. The van der Waals surface area contributed by atoms with Gasteiger partial charge >= 0.3 is 5.97 Å². The highest BCUT2D eigenvalue weighted by atomic mass is 19.1. The highest BCUT2D eigenvalue weighted by molar-refractivity contribution is 5.96. The second kappa shape index (κ2) is 7.58. The number of halogens is 1. The fraction of sp³-hybridized carbons (Fsp3) is 0.429. The molecule has 1 N–H and O–H groups in total. The van der Waals surface area contributed by atoms with E-state index in [0.717, 1.165) is 6.07 Å². The van der Waals surface area contributed by atoms with Crippen molar-refractivity contribution in [3.05, 3.63) is 29.6 Å². The van der Waals surface area contributed by atoms with Crippen LogP contribution < -0.4 is 4.74 Å². The fourth-order valence-corrected chi connectivity index (χ4v) is 1.72. The molecule has 0 aliphatic heterocycles. The van der Waals surface area contributed by atoms with Crippen LogP contribution in [0.1, 0.15) is 10.4 Å². The first-order valence-electron chi connectivity index (χ1n) is 6.34. The summed E-state index contributed by atoms with van der Waals surface area (Å²) in [5, 5.41) is 8.88. The molecule has 1 rings (SSSR count). The molecule has 0 radical (unpaired) electrons. The maximum absolute atomic E-state index is 13.6. The van der Waals surface area contributed by atoms with Crippen molar-refractivity contribution < 1.29 is 23.8 Å². The number of hydrogen-bond acceptors (Lipinski definition) is 4. The largest absolute Gasteiger partial charge is 0.494 e. The van der Waals surface area contributed by atoms with E-state index < -0.39 is 24.2 Å². The zero-order chi connectivity index (χ0) is 16.0. The Hall–Kier alpha value is -2.15.